The highest BCUT2D eigenvalue weighted by Gasteiger charge is 2.16. The van der Waals surface area contributed by atoms with Gasteiger partial charge in [0, 0.05) is 6.42 Å². The number of carboxylic acids is 1. The zero-order valence-corrected chi connectivity index (χ0v) is 12.7. The van der Waals surface area contributed by atoms with Gasteiger partial charge in [-0.05, 0) is 19.4 Å². The standard InChI is InChI=1S/C15H30N2O3/c1-2-3-4-5-6-7-8-9-12-17-13(15(19)20)10-11-14(16)18/h13,17H,2-12H2,1H3,(H2,16,18)(H,19,20). The first-order valence-electron chi connectivity index (χ1n) is 7.82. The third-order valence-electron chi connectivity index (χ3n) is 3.40. The van der Waals surface area contributed by atoms with Crippen LogP contribution >= 0.6 is 0 Å². The Morgan fingerprint density at radius 3 is 2.10 bits per heavy atom. The minimum atomic E-state index is -0.911. The number of hydrogen-bond acceptors (Lipinski definition) is 3. The van der Waals surface area contributed by atoms with Gasteiger partial charge in [0.15, 0.2) is 0 Å². The SMILES string of the molecule is CCCCCCCCCCNC(CCC(N)=O)C(=O)O. The minimum Gasteiger partial charge on any atom is -0.480 e. The van der Waals surface area contributed by atoms with Gasteiger partial charge in [-0.2, -0.15) is 0 Å². The maximum atomic E-state index is 11.0. The lowest BCUT2D eigenvalue weighted by molar-refractivity contribution is -0.139. The molecule has 1 amide bonds. The van der Waals surface area contributed by atoms with Gasteiger partial charge in [-0.15, -0.1) is 0 Å². The number of carboxylic acid groups (broad SMARTS) is 1. The fraction of sp³-hybridized carbons (Fsp3) is 0.867. The van der Waals surface area contributed by atoms with Gasteiger partial charge >= 0.3 is 5.97 Å². The molecule has 1 atom stereocenters. The van der Waals surface area contributed by atoms with Crippen LogP contribution in [0.3, 0.4) is 0 Å². The normalized spacial score (nSPS) is 12.2. The summed E-state index contributed by atoms with van der Waals surface area (Å²) < 4.78 is 0. The van der Waals surface area contributed by atoms with Crippen molar-refractivity contribution in [3.63, 3.8) is 0 Å². The number of primary amides is 1. The highest BCUT2D eigenvalue weighted by Crippen LogP contribution is 2.08. The lowest BCUT2D eigenvalue weighted by Gasteiger charge is -2.13. The van der Waals surface area contributed by atoms with E-state index in [4.69, 9.17) is 10.8 Å². The molecule has 0 saturated carbocycles. The van der Waals surface area contributed by atoms with Crippen LogP contribution in [-0.4, -0.2) is 29.6 Å². The van der Waals surface area contributed by atoms with Gasteiger partial charge in [0.05, 0.1) is 0 Å². The average molecular weight is 286 g/mol. The summed E-state index contributed by atoms with van der Waals surface area (Å²) in [5.74, 6) is -1.36. The number of carbonyl (C=O) groups is 2. The van der Waals surface area contributed by atoms with E-state index in [0.717, 1.165) is 12.8 Å². The smallest absolute Gasteiger partial charge is 0.320 e. The van der Waals surface area contributed by atoms with E-state index >= 15 is 0 Å². The van der Waals surface area contributed by atoms with E-state index in [9.17, 15) is 9.59 Å². The van der Waals surface area contributed by atoms with Crippen LogP contribution in [0.4, 0.5) is 0 Å². The van der Waals surface area contributed by atoms with Gasteiger partial charge in [-0.1, -0.05) is 51.9 Å². The number of amides is 1. The second-order valence-corrected chi connectivity index (χ2v) is 5.32. The molecule has 0 spiro atoms. The summed E-state index contributed by atoms with van der Waals surface area (Å²) >= 11 is 0. The quantitative estimate of drug-likeness (QED) is 0.428. The van der Waals surface area contributed by atoms with E-state index in [2.05, 4.69) is 12.2 Å². The second-order valence-electron chi connectivity index (χ2n) is 5.32. The van der Waals surface area contributed by atoms with Crippen LogP contribution < -0.4 is 11.1 Å². The number of nitrogens with one attached hydrogen (secondary N) is 1. The molecule has 0 aliphatic heterocycles. The Morgan fingerprint density at radius 1 is 1.05 bits per heavy atom. The zero-order valence-electron chi connectivity index (χ0n) is 12.7. The molecule has 0 radical (unpaired) electrons. The maximum Gasteiger partial charge on any atom is 0.320 e. The topological polar surface area (TPSA) is 92.4 Å². The molecule has 0 bridgehead atoms. The number of carbonyl (C=O) groups excluding carboxylic acids is 1. The van der Waals surface area contributed by atoms with Gasteiger partial charge in [0.25, 0.3) is 0 Å². The van der Waals surface area contributed by atoms with Crippen molar-refractivity contribution in [2.24, 2.45) is 5.73 Å². The molecule has 0 aliphatic rings. The van der Waals surface area contributed by atoms with Crippen molar-refractivity contribution in [3.8, 4) is 0 Å². The predicted octanol–water partition coefficient (Wildman–Crippen LogP) is 2.44. The number of rotatable bonds is 14. The number of nitrogens with two attached hydrogens (primary N) is 1. The van der Waals surface area contributed by atoms with E-state index in [1.54, 1.807) is 0 Å². The van der Waals surface area contributed by atoms with Crippen molar-refractivity contribution < 1.29 is 14.7 Å². The van der Waals surface area contributed by atoms with Crippen molar-refractivity contribution in [1.29, 1.82) is 0 Å². The molecule has 0 aromatic carbocycles. The Labute approximate surface area is 122 Å². The maximum absolute atomic E-state index is 11.0. The molecule has 0 aromatic heterocycles. The molecule has 20 heavy (non-hydrogen) atoms. The molecule has 0 aliphatic carbocycles. The highest BCUT2D eigenvalue weighted by molar-refractivity contribution is 5.77. The van der Waals surface area contributed by atoms with Crippen molar-refractivity contribution in [3.05, 3.63) is 0 Å². The lowest BCUT2D eigenvalue weighted by Crippen LogP contribution is -2.38. The molecule has 5 nitrogen and oxygen atoms in total. The second kappa shape index (κ2) is 12.9. The summed E-state index contributed by atoms with van der Waals surface area (Å²) in [5.41, 5.74) is 5.03. The van der Waals surface area contributed by atoms with Gasteiger partial charge in [0.1, 0.15) is 6.04 Å². The molecule has 0 aromatic rings. The van der Waals surface area contributed by atoms with Crippen LogP contribution in [0.25, 0.3) is 0 Å². The average Bonchev–Trinajstić information content (AvgIpc) is 2.39. The molecule has 1 unspecified atom stereocenters. The predicted molar refractivity (Wildman–Crippen MR) is 80.5 cm³/mol. The third-order valence-corrected chi connectivity index (χ3v) is 3.40. The van der Waals surface area contributed by atoms with E-state index in [0.29, 0.717) is 6.54 Å². The molecule has 0 rings (SSSR count). The molecule has 4 N–H and O–H groups in total. The van der Waals surface area contributed by atoms with Gasteiger partial charge in [-0.3, -0.25) is 9.59 Å². The summed E-state index contributed by atoms with van der Waals surface area (Å²) in [5, 5.41) is 12.0. The highest BCUT2D eigenvalue weighted by atomic mass is 16.4. The zero-order chi connectivity index (χ0) is 15.2. The third kappa shape index (κ3) is 12.0. The Morgan fingerprint density at radius 2 is 1.60 bits per heavy atom. The summed E-state index contributed by atoms with van der Waals surface area (Å²) in [6.07, 6.45) is 10.2. The number of unbranched alkanes of at least 4 members (excludes halogenated alkanes) is 7. The first-order valence-corrected chi connectivity index (χ1v) is 7.82. The van der Waals surface area contributed by atoms with E-state index in [1.807, 2.05) is 0 Å². The lowest BCUT2D eigenvalue weighted by atomic mass is 10.1. The summed E-state index contributed by atoms with van der Waals surface area (Å²) in [7, 11) is 0. The van der Waals surface area contributed by atoms with Crippen molar-refractivity contribution in [1.82, 2.24) is 5.32 Å². The molecule has 5 heteroatoms. The number of aliphatic carboxylic acids is 1. The van der Waals surface area contributed by atoms with Crippen LogP contribution in [0.5, 0.6) is 0 Å². The molecular weight excluding hydrogens is 256 g/mol. The van der Waals surface area contributed by atoms with Crippen LogP contribution in [-0.2, 0) is 9.59 Å². The van der Waals surface area contributed by atoms with Crippen molar-refractivity contribution >= 4 is 11.9 Å². The first kappa shape index (κ1) is 18.9. The first-order chi connectivity index (χ1) is 9.57. The summed E-state index contributed by atoms with van der Waals surface area (Å²) in [4.78, 5) is 21.6. The van der Waals surface area contributed by atoms with E-state index in [1.165, 1.54) is 38.5 Å². The van der Waals surface area contributed by atoms with Crippen molar-refractivity contribution in [2.75, 3.05) is 6.54 Å². The number of hydrogen-bond donors (Lipinski definition) is 3. The Kier molecular flexibility index (Phi) is 12.2. The van der Waals surface area contributed by atoms with E-state index < -0.39 is 17.9 Å². The van der Waals surface area contributed by atoms with Crippen LogP contribution in [0, 0.1) is 0 Å². The van der Waals surface area contributed by atoms with Crippen LogP contribution in [0.1, 0.15) is 71.1 Å². The van der Waals surface area contributed by atoms with Gasteiger partial charge < -0.3 is 16.2 Å². The minimum absolute atomic E-state index is 0.112. The van der Waals surface area contributed by atoms with Gasteiger partial charge in [-0.25, -0.2) is 0 Å². The van der Waals surface area contributed by atoms with E-state index in [-0.39, 0.29) is 12.8 Å². The molecular formula is C15H30N2O3. The Bertz CT molecular complexity index is 270. The molecule has 118 valence electrons. The molecule has 0 fully saturated rings. The summed E-state index contributed by atoms with van der Waals surface area (Å²) in [6.45, 7) is 2.90. The fourth-order valence-corrected chi connectivity index (χ4v) is 2.13. The van der Waals surface area contributed by atoms with Crippen LogP contribution in [0.2, 0.25) is 0 Å². The Balaban J connectivity index is 3.49. The fourth-order valence-electron chi connectivity index (χ4n) is 2.13. The van der Waals surface area contributed by atoms with Crippen LogP contribution in [0.15, 0.2) is 0 Å². The Hall–Kier alpha value is -1.10. The monoisotopic (exact) mass is 286 g/mol. The molecule has 0 heterocycles. The van der Waals surface area contributed by atoms with Gasteiger partial charge in [0.2, 0.25) is 5.91 Å². The van der Waals surface area contributed by atoms with Crippen molar-refractivity contribution in [2.45, 2.75) is 77.2 Å². The molecule has 0 saturated heterocycles. The summed E-state index contributed by atoms with van der Waals surface area (Å²) in [6, 6.07) is -0.660. The largest absolute Gasteiger partial charge is 0.480 e.